The van der Waals surface area contributed by atoms with Gasteiger partial charge in [-0.05, 0) is 145 Å². The van der Waals surface area contributed by atoms with Crippen LogP contribution in [0.1, 0.15) is 25.0 Å². The summed E-state index contributed by atoms with van der Waals surface area (Å²) < 4.78 is 2.38. The number of benzene rings is 10. The van der Waals surface area contributed by atoms with Crippen LogP contribution in [-0.2, 0) is 5.41 Å². The van der Waals surface area contributed by atoms with Crippen molar-refractivity contribution < 1.29 is 0 Å². The maximum atomic E-state index is 2.43. The number of rotatable bonds is 5. The Labute approximate surface area is 331 Å². The number of anilines is 3. The van der Waals surface area contributed by atoms with Gasteiger partial charge >= 0.3 is 0 Å². The minimum atomic E-state index is -0.0800. The van der Waals surface area contributed by atoms with Crippen LogP contribution in [0.5, 0.6) is 0 Å². The molecule has 12 rings (SSSR count). The highest BCUT2D eigenvalue weighted by Gasteiger charge is 2.35. The molecule has 0 atom stereocenters. The molecule has 57 heavy (non-hydrogen) atoms. The molecule has 0 amide bonds. The molecule has 11 aromatic rings. The molecule has 0 N–H and O–H groups in total. The molecule has 0 radical (unpaired) electrons. The Hall–Kier alpha value is -7.16. The van der Waals surface area contributed by atoms with Gasteiger partial charge in [0.15, 0.2) is 0 Å². The molecule has 10 aromatic carbocycles. The van der Waals surface area contributed by atoms with Crippen LogP contribution >= 0.6 is 0 Å². The van der Waals surface area contributed by atoms with Crippen molar-refractivity contribution in [1.29, 1.82) is 0 Å². The molecule has 0 fully saturated rings. The van der Waals surface area contributed by atoms with E-state index >= 15 is 0 Å². The van der Waals surface area contributed by atoms with Crippen molar-refractivity contribution in [1.82, 2.24) is 4.57 Å². The molecule has 0 spiro atoms. The van der Waals surface area contributed by atoms with Crippen LogP contribution in [0.4, 0.5) is 17.1 Å². The van der Waals surface area contributed by atoms with Crippen LogP contribution in [0.2, 0.25) is 0 Å². The van der Waals surface area contributed by atoms with E-state index in [0.717, 1.165) is 11.4 Å². The van der Waals surface area contributed by atoms with E-state index in [9.17, 15) is 0 Å². The lowest BCUT2D eigenvalue weighted by molar-refractivity contribution is 0.660. The number of hydrogen-bond donors (Lipinski definition) is 0. The van der Waals surface area contributed by atoms with Crippen LogP contribution in [0.15, 0.2) is 194 Å². The Balaban J connectivity index is 0.992. The van der Waals surface area contributed by atoms with Crippen molar-refractivity contribution in [3.05, 3.63) is 205 Å². The predicted octanol–water partition coefficient (Wildman–Crippen LogP) is 15.1. The number of hydrogen-bond acceptors (Lipinski definition) is 1. The molecule has 1 heterocycles. The fourth-order valence-electron chi connectivity index (χ4n) is 9.98. The molecule has 0 saturated carbocycles. The minimum absolute atomic E-state index is 0.0800. The molecular formula is C55H38N2. The van der Waals surface area contributed by atoms with Crippen molar-refractivity contribution >= 4 is 71.2 Å². The van der Waals surface area contributed by atoms with Crippen molar-refractivity contribution in [2.45, 2.75) is 19.3 Å². The summed E-state index contributed by atoms with van der Waals surface area (Å²) >= 11 is 0. The van der Waals surface area contributed by atoms with E-state index in [1.54, 1.807) is 0 Å². The van der Waals surface area contributed by atoms with Gasteiger partial charge in [0.25, 0.3) is 0 Å². The molecule has 0 aliphatic heterocycles. The van der Waals surface area contributed by atoms with Crippen molar-refractivity contribution in [2.24, 2.45) is 0 Å². The van der Waals surface area contributed by atoms with Crippen LogP contribution in [0.3, 0.4) is 0 Å². The molecule has 0 saturated heterocycles. The van der Waals surface area contributed by atoms with Gasteiger partial charge in [0.2, 0.25) is 0 Å². The molecular weight excluding hydrogens is 689 g/mol. The summed E-state index contributed by atoms with van der Waals surface area (Å²) in [7, 11) is 0. The second-order valence-electron chi connectivity index (χ2n) is 16.2. The summed E-state index contributed by atoms with van der Waals surface area (Å²) in [5.74, 6) is 0. The zero-order valence-electron chi connectivity index (χ0n) is 31.9. The molecule has 2 nitrogen and oxygen atoms in total. The second-order valence-corrected chi connectivity index (χ2v) is 16.2. The van der Waals surface area contributed by atoms with Gasteiger partial charge in [0.1, 0.15) is 0 Å². The van der Waals surface area contributed by atoms with Crippen molar-refractivity contribution in [2.75, 3.05) is 4.90 Å². The molecule has 1 aliphatic carbocycles. The van der Waals surface area contributed by atoms with Crippen LogP contribution < -0.4 is 4.90 Å². The molecule has 0 bridgehead atoms. The standard InChI is InChI=1S/C55H38N2/c1-55(2)49-19-11-9-17-45(49)46-27-26-43(34-50(46)55)56(41-13-5-3-6-14-41)44-31-38-23-21-36-29-40(30-37-22-24-39(32-44)54(38)53(36)37)35-25-28-52-48(33-35)47-18-10-12-20-51(47)57(52)42-15-7-4-8-16-42/h3-34H,1-2H3. The normalized spacial score (nSPS) is 13.2. The first-order valence-electron chi connectivity index (χ1n) is 19.9. The second kappa shape index (κ2) is 11.9. The highest BCUT2D eigenvalue weighted by Crippen LogP contribution is 2.51. The first kappa shape index (κ1) is 32.1. The Kier molecular flexibility index (Phi) is 6.72. The fourth-order valence-corrected chi connectivity index (χ4v) is 9.98. The monoisotopic (exact) mass is 726 g/mol. The summed E-state index contributed by atoms with van der Waals surface area (Å²) in [5, 5.41) is 10.2. The van der Waals surface area contributed by atoms with E-state index < -0.39 is 0 Å². The van der Waals surface area contributed by atoms with Gasteiger partial charge in [-0.25, -0.2) is 0 Å². The minimum Gasteiger partial charge on any atom is -0.310 e. The van der Waals surface area contributed by atoms with Gasteiger partial charge in [-0.1, -0.05) is 129 Å². The summed E-state index contributed by atoms with van der Waals surface area (Å²) in [5.41, 5.74) is 14.9. The lowest BCUT2D eigenvalue weighted by atomic mass is 9.82. The van der Waals surface area contributed by atoms with E-state index in [1.807, 2.05) is 0 Å². The highest BCUT2D eigenvalue weighted by molar-refractivity contribution is 6.25. The van der Waals surface area contributed by atoms with Gasteiger partial charge in [-0.2, -0.15) is 0 Å². The van der Waals surface area contributed by atoms with E-state index in [4.69, 9.17) is 0 Å². The SMILES string of the molecule is CC1(C)c2ccccc2-c2ccc(N(c3ccccc3)c3cc4ccc5cc(-c6ccc7c(c6)c6ccccc6n7-c6ccccc6)cc6ccc(c3)c4c56)cc21. The Morgan fingerprint density at radius 2 is 0.982 bits per heavy atom. The van der Waals surface area contributed by atoms with E-state index in [0.29, 0.717) is 0 Å². The average molecular weight is 727 g/mol. The quantitative estimate of drug-likeness (QED) is 0.160. The zero-order valence-corrected chi connectivity index (χ0v) is 31.9. The van der Waals surface area contributed by atoms with Crippen molar-refractivity contribution in [3.63, 3.8) is 0 Å². The van der Waals surface area contributed by atoms with Gasteiger partial charge < -0.3 is 9.47 Å². The third-order valence-electron chi connectivity index (χ3n) is 12.6. The highest BCUT2D eigenvalue weighted by atomic mass is 15.1. The summed E-state index contributed by atoms with van der Waals surface area (Å²) in [6, 6.07) is 71.9. The third kappa shape index (κ3) is 4.71. The third-order valence-corrected chi connectivity index (χ3v) is 12.6. The molecule has 1 aromatic heterocycles. The van der Waals surface area contributed by atoms with E-state index in [-0.39, 0.29) is 5.41 Å². The Morgan fingerprint density at radius 3 is 1.72 bits per heavy atom. The topological polar surface area (TPSA) is 8.17 Å². The van der Waals surface area contributed by atoms with Crippen LogP contribution in [0.25, 0.3) is 82.1 Å². The molecule has 268 valence electrons. The maximum absolute atomic E-state index is 2.43. The van der Waals surface area contributed by atoms with E-state index in [1.165, 1.54) is 98.9 Å². The largest absolute Gasteiger partial charge is 0.310 e. The number of para-hydroxylation sites is 3. The smallest absolute Gasteiger partial charge is 0.0541 e. The number of aromatic nitrogens is 1. The lowest BCUT2D eigenvalue weighted by Crippen LogP contribution is -2.16. The molecule has 0 unspecified atom stereocenters. The lowest BCUT2D eigenvalue weighted by Gasteiger charge is -2.29. The molecule has 1 aliphatic rings. The first-order valence-corrected chi connectivity index (χ1v) is 19.9. The summed E-state index contributed by atoms with van der Waals surface area (Å²) in [6.07, 6.45) is 0. The fraction of sp³-hybridized carbons (Fsp3) is 0.0545. The molecule has 2 heteroatoms. The van der Waals surface area contributed by atoms with Gasteiger partial charge in [0.05, 0.1) is 11.0 Å². The first-order chi connectivity index (χ1) is 28.0. The zero-order chi connectivity index (χ0) is 37.8. The van der Waals surface area contributed by atoms with Crippen LogP contribution in [-0.4, -0.2) is 4.57 Å². The summed E-state index contributed by atoms with van der Waals surface area (Å²) in [4.78, 5) is 2.43. The van der Waals surface area contributed by atoms with Gasteiger partial charge in [-0.15, -0.1) is 0 Å². The maximum Gasteiger partial charge on any atom is 0.0541 e. The number of fused-ring (bicyclic) bond motifs is 6. The van der Waals surface area contributed by atoms with E-state index in [2.05, 4.69) is 217 Å². The van der Waals surface area contributed by atoms with Crippen LogP contribution in [0, 0.1) is 0 Å². The number of nitrogens with zero attached hydrogens (tertiary/aromatic N) is 2. The van der Waals surface area contributed by atoms with Gasteiger partial charge in [-0.3, -0.25) is 0 Å². The average Bonchev–Trinajstić information content (AvgIpc) is 3.71. The summed E-state index contributed by atoms with van der Waals surface area (Å²) in [6.45, 7) is 4.71. The predicted molar refractivity (Wildman–Crippen MR) is 242 cm³/mol. The van der Waals surface area contributed by atoms with Gasteiger partial charge in [0, 0.05) is 38.9 Å². The van der Waals surface area contributed by atoms with Crippen molar-refractivity contribution in [3.8, 4) is 27.9 Å². The Bertz CT molecular complexity index is 3300. The Morgan fingerprint density at radius 1 is 0.386 bits per heavy atom.